The maximum Gasteiger partial charge on any atom is 0.137 e. The summed E-state index contributed by atoms with van der Waals surface area (Å²) in [5.41, 5.74) is 14.6. The summed E-state index contributed by atoms with van der Waals surface area (Å²) in [5, 5.41) is 4.85. The van der Waals surface area contributed by atoms with Crippen molar-refractivity contribution >= 4 is 70.5 Å². The van der Waals surface area contributed by atoms with Gasteiger partial charge in [-0.1, -0.05) is 152 Å². The fourth-order valence-corrected chi connectivity index (χ4v) is 9.46. The number of benzene rings is 9. The topological polar surface area (TPSA) is 16.4 Å². The summed E-state index contributed by atoms with van der Waals surface area (Å²) in [5.74, 6) is 0. The van der Waals surface area contributed by atoms with Gasteiger partial charge in [0.05, 0.1) is 0 Å². The van der Waals surface area contributed by atoms with Crippen molar-refractivity contribution in [1.29, 1.82) is 0 Å². The Bertz CT molecular complexity index is 3200. The molecule has 0 amide bonds. The summed E-state index contributed by atoms with van der Waals surface area (Å²) in [6.07, 6.45) is 0. The minimum Gasteiger partial charge on any atom is -0.456 e. The molecule has 0 aliphatic carbocycles. The smallest absolute Gasteiger partial charge is 0.137 e. The monoisotopic (exact) mass is 745 g/mol. The molecular weight excluding hydrogens is 711 g/mol. The number of thiophene rings is 1. The minimum absolute atomic E-state index is 0.871. The molecule has 57 heavy (non-hydrogen) atoms. The van der Waals surface area contributed by atoms with Gasteiger partial charge in [-0.3, -0.25) is 0 Å². The van der Waals surface area contributed by atoms with Gasteiger partial charge in [0, 0.05) is 54.1 Å². The summed E-state index contributed by atoms with van der Waals surface area (Å²) >= 11 is 1.86. The maximum absolute atomic E-state index is 6.39. The third-order valence-corrected chi connectivity index (χ3v) is 12.2. The van der Waals surface area contributed by atoms with Crippen LogP contribution in [0.5, 0.6) is 0 Å². The Labute approximate surface area is 335 Å². The van der Waals surface area contributed by atoms with E-state index in [0.717, 1.165) is 39.0 Å². The first-order valence-electron chi connectivity index (χ1n) is 19.3. The average molecular weight is 746 g/mol. The van der Waals surface area contributed by atoms with Gasteiger partial charge in [0.1, 0.15) is 11.2 Å². The third kappa shape index (κ3) is 5.88. The van der Waals surface area contributed by atoms with Crippen molar-refractivity contribution < 1.29 is 4.42 Å². The molecule has 0 spiro atoms. The molecule has 11 rings (SSSR count). The zero-order chi connectivity index (χ0) is 37.7. The summed E-state index contributed by atoms with van der Waals surface area (Å²) in [6, 6.07) is 76.4. The van der Waals surface area contributed by atoms with Gasteiger partial charge in [-0.15, -0.1) is 11.3 Å². The van der Waals surface area contributed by atoms with E-state index in [1.165, 1.54) is 64.7 Å². The van der Waals surface area contributed by atoms with E-state index in [1.807, 2.05) is 23.5 Å². The van der Waals surface area contributed by atoms with Crippen LogP contribution in [0.3, 0.4) is 0 Å². The van der Waals surface area contributed by atoms with E-state index in [4.69, 9.17) is 4.42 Å². The number of hydrogen-bond donors (Lipinski definition) is 0. The molecule has 0 unspecified atom stereocenters. The van der Waals surface area contributed by atoms with Crippen molar-refractivity contribution in [2.24, 2.45) is 0 Å². The number of nitrogens with zero attached hydrogens (tertiary/aromatic N) is 1. The Hall–Kier alpha value is -7.20. The van der Waals surface area contributed by atoms with Crippen molar-refractivity contribution in [3.63, 3.8) is 0 Å². The normalized spacial score (nSPS) is 11.5. The summed E-state index contributed by atoms with van der Waals surface area (Å²) < 4.78 is 8.99. The zero-order valence-electron chi connectivity index (χ0n) is 31.0. The summed E-state index contributed by atoms with van der Waals surface area (Å²) in [4.78, 5) is 2.32. The van der Waals surface area contributed by atoms with Gasteiger partial charge >= 0.3 is 0 Å². The SMILES string of the molecule is c1ccc(-c2ccc(-c3c(-c4ccc(N(c5ccc(-c6ccccc6)cc5)c5ccc6c(c5)oc5ccccc56)cc4)ccc4sc5ccccc5c34)cc2)cc1. The van der Waals surface area contributed by atoms with Gasteiger partial charge in [0.15, 0.2) is 0 Å². The van der Waals surface area contributed by atoms with E-state index in [1.54, 1.807) is 0 Å². The Kier molecular flexibility index (Phi) is 8.04. The van der Waals surface area contributed by atoms with Crippen LogP contribution in [0.1, 0.15) is 0 Å². The number of rotatable bonds is 7. The second kappa shape index (κ2) is 13.8. The zero-order valence-corrected chi connectivity index (χ0v) is 31.8. The molecule has 2 aromatic heterocycles. The first-order chi connectivity index (χ1) is 28.2. The van der Waals surface area contributed by atoms with Crippen molar-refractivity contribution in [3.8, 4) is 44.5 Å². The minimum atomic E-state index is 0.871. The second-order valence-electron chi connectivity index (χ2n) is 14.5. The molecule has 9 aromatic carbocycles. The molecule has 0 N–H and O–H groups in total. The van der Waals surface area contributed by atoms with Crippen LogP contribution >= 0.6 is 11.3 Å². The highest BCUT2D eigenvalue weighted by molar-refractivity contribution is 7.26. The van der Waals surface area contributed by atoms with E-state index < -0.39 is 0 Å². The molecule has 2 heterocycles. The Balaban J connectivity index is 1.04. The lowest BCUT2D eigenvalue weighted by Gasteiger charge is -2.26. The molecular formula is C54H35NOS. The molecule has 0 atom stereocenters. The van der Waals surface area contributed by atoms with Crippen LogP contribution in [0.15, 0.2) is 217 Å². The average Bonchev–Trinajstić information content (AvgIpc) is 3.86. The fraction of sp³-hybridized carbons (Fsp3) is 0. The molecule has 0 saturated carbocycles. The number of anilines is 3. The molecule has 0 fully saturated rings. The van der Waals surface area contributed by atoms with E-state index in [0.29, 0.717) is 0 Å². The number of fused-ring (bicyclic) bond motifs is 6. The highest BCUT2D eigenvalue weighted by atomic mass is 32.1. The lowest BCUT2D eigenvalue weighted by molar-refractivity contribution is 0.669. The molecule has 3 heteroatoms. The van der Waals surface area contributed by atoms with Crippen molar-refractivity contribution in [2.45, 2.75) is 0 Å². The molecule has 0 bridgehead atoms. The summed E-state index contributed by atoms with van der Waals surface area (Å²) in [6.45, 7) is 0. The quantitative estimate of drug-likeness (QED) is 0.162. The number of furan rings is 1. The van der Waals surface area contributed by atoms with Gasteiger partial charge in [0.25, 0.3) is 0 Å². The van der Waals surface area contributed by atoms with Crippen LogP contribution in [0.2, 0.25) is 0 Å². The second-order valence-corrected chi connectivity index (χ2v) is 15.6. The van der Waals surface area contributed by atoms with Crippen LogP contribution in [0.4, 0.5) is 17.1 Å². The molecule has 0 aliphatic heterocycles. The van der Waals surface area contributed by atoms with E-state index in [2.05, 4.69) is 205 Å². The van der Waals surface area contributed by atoms with Crippen LogP contribution in [0, 0.1) is 0 Å². The first kappa shape index (κ1) is 33.2. The highest BCUT2D eigenvalue weighted by Gasteiger charge is 2.19. The number of para-hydroxylation sites is 1. The van der Waals surface area contributed by atoms with Crippen molar-refractivity contribution in [1.82, 2.24) is 0 Å². The van der Waals surface area contributed by atoms with Gasteiger partial charge in [-0.25, -0.2) is 0 Å². The largest absolute Gasteiger partial charge is 0.456 e. The van der Waals surface area contributed by atoms with Crippen molar-refractivity contribution in [3.05, 3.63) is 212 Å². The Morgan fingerprint density at radius 2 is 0.842 bits per heavy atom. The van der Waals surface area contributed by atoms with E-state index in [-0.39, 0.29) is 0 Å². The predicted octanol–water partition coefficient (Wildman–Crippen LogP) is 16.1. The standard InChI is InChI=1S/C54H35NOS/c1-3-11-36(12-4-1)38-19-21-41(22-20-38)53-45(33-34-52-54(53)48-16-8-10-18-51(48)57-52)40-25-29-43(30-26-40)55(42-27-23-39(24-28-42)37-13-5-2-6-14-37)44-31-32-47-46-15-7-9-17-49(46)56-50(47)35-44/h1-35H. The molecule has 0 saturated heterocycles. The van der Waals surface area contributed by atoms with Gasteiger partial charge in [-0.2, -0.15) is 0 Å². The third-order valence-electron chi connectivity index (χ3n) is 11.1. The van der Waals surface area contributed by atoms with Crippen LogP contribution in [0.25, 0.3) is 86.6 Å². The summed E-state index contributed by atoms with van der Waals surface area (Å²) in [7, 11) is 0. The van der Waals surface area contributed by atoms with Gasteiger partial charge < -0.3 is 9.32 Å². The van der Waals surface area contributed by atoms with Gasteiger partial charge in [-0.05, 0) is 99.1 Å². The lowest BCUT2D eigenvalue weighted by Crippen LogP contribution is -2.09. The molecule has 268 valence electrons. The van der Waals surface area contributed by atoms with Gasteiger partial charge in [0.2, 0.25) is 0 Å². The lowest BCUT2D eigenvalue weighted by atomic mass is 9.90. The Morgan fingerprint density at radius 1 is 0.333 bits per heavy atom. The van der Waals surface area contributed by atoms with E-state index >= 15 is 0 Å². The fourth-order valence-electron chi connectivity index (χ4n) is 8.34. The number of hydrogen-bond acceptors (Lipinski definition) is 3. The Morgan fingerprint density at radius 3 is 1.53 bits per heavy atom. The van der Waals surface area contributed by atoms with Crippen LogP contribution in [-0.4, -0.2) is 0 Å². The molecule has 0 radical (unpaired) electrons. The highest BCUT2D eigenvalue weighted by Crippen LogP contribution is 2.46. The molecule has 2 nitrogen and oxygen atoms in total. The molecule has 11 aromatic rings. The molecule has 0 aliphatic rings. The maximum atomic E-state index is 6.39. The van der Waals surface area contributed by atoms with E-state index in [9.17, 15) is 0 Å². The van der Waals surface area contributed by atoms with Crippen LogP contribution < -0.4 is 4.90 Å². The van der Waals surface area contributed by atoms with Crippen LogP contribution in [-0.2, 0) is 0 Å². The van der Waals surface area contributed by atoms with Crippen molar-refractivity contribution in [2.75, 3.05) is 4.90 Å². The predicted molar refractivity (Wildman–Crippen MR) is 243 cm³/mol. The first-order valence-corrected chi connectivity index (χ1v) is 20.1.